The van der Waals surface area contributed by atoms with Gasteiger partial charge in [-0.2, -0.15) is 0 Å². The van der Waals surface area contributed by atoms with Gasteiger partial charge in [0.15, 0.2) is 0 Å². The number of carbonyl (C=O) groups is 1. The summed E-state index contributed by atoms with van der Waals surface area (Å²) in [6, 6.07) is 11.2. The Balaban J connectivity index is 1.47. The fourth-order valence-corrected chi connectivity index (χ4v) is 5.20. The predicted molar refractivity (Wildman–Crippen MR) is 135 cm³/mol. The molecule has 4 rings (SSSR count). The molecule has 7 heteroatoms. The number of benzene rings is 1. The zero-order valence-corrected chi connectivity index (χ0v) is 20.2. The Labute approximate surface area is 201 Å². The lowest BCUT2D eigenvalue weighted by Gasteiger charge is -2.39. The van der Waals surface area contributed by atoms with Crippen LogP contribution < -0.4 is 11.3 Å². The van der Waals surface area contributed by atoms with Gasteiger partial charge in [-0.1, -0.05) is 31.0 Å². The Morgan fingerprint density at radius 2 is 1.79 bits per heavy atom. The van der Waals surface area contributed by atoms with Gasteiger partial charge in [-0.3, -0.25) is 19.5 Å². The molecule has 0 aliphatic carbocycles. The van der Waals surface area contributed by atoms with Crippen LogP contribution in [-0.4, -0.2) is 44.0 Å². The van der Waals surface area contributed by atoms with Gasteiger partial charge in [0.05, 0.1) is 17.4 Å². The van der Waals surface area contributed by atoms with E-state index in [0.717, 1.165) is 36.7 Å². The average molecular weight is 462 g/mol. The number of aryl methyl sites for hydroxylation is 1. The molecule has 1 saturated heterocycles. The highest BCUT2D eigenvalue weighted by Gasteiger charge is 2.23. The third-order valence-electron chi connectivity index (χ3n) is 7.06. The SMILES string of the molecule is C[C@@H]1CCC[C@H](C)N1CCCCCn1c(=O)c(Cc2cncc(C(N)=O)n2)cc2ccccc21. The van der Waals surface area contributed by atoms with E-state index in [-0.39, 0.29) is 11.3 Å². The lowest BCUT2D eigenvalue weighted by molar-refractivity contribution is 0.0994. The summed E-state index contributed by atoms with van der Waals surface area (Å²) in [5.41, 5.74) is 7.58. The number of primary amides is 1. The number of hydrogen-bond donors (Lipinski definition) is 1. The van der Waals surface area contributed by atoms with E-state index in [0.29, 0.717) is 36.3 Å². The van der Waals surface area contributed by atoms with Crippen molar-refractivity contribution < 1.29 is 4.79 Å². The summed E-state index contributed by atoms with van der Waals surface area (Å²) in [4.78, 5) is 35.9. The number of carbonyl (C=O) groups excluding carboxylic acids is 1. The largest absolute Gasteiger partial charge is 0.364 e. The molecule has 0 saturated carbocycles. The Hall–Kier alpha value is -3.06. The molecule has 0 bridgehead atoms. The number of hydrogen-bond acceptors (Lipinski definition) is 5. The topological polar surface area (TPSA) is 94.1 Å². The second-order valence-corrected chi connectivity index (χ2v) is 9.55. The van der Waals surface area contributed by atoms with Crippen molar-refractivity contribution in [1.82, 2.24) is 19.4 Å². The fraction of sp³-hybridized carbons (Fsp3) is 0.481. The summed E-state index contributed by atoms with van der Waals surface area (Å²) in [6.45, 7) is 6.50. The molecule has 0 radical (unpaired) electrons. The average Bonchev–Trinajstić information content (AvgIpc) is 2.82. The van der Waals surface area contributed by atoms with Crippen molar-refractivity contribution in [2.45, 2.75) is 77.4 Å². The second kappa shape index (κ2) is 10.9. The number of nitrogens with zero attached hydrogens (tertiary/aromatic N) is 4. The van der Waals surface area contributed by atoms with Crippen molar-refractivity contribution in [3.8, 4) is 0 Å². The molecule has 34 heavy (non-hydrogen) atoms. The number of piperidine rings is 1. The Morgan fingerprint density at radius 3 is 2.56 bits per heavy atom. The van der Waals surface area contributed by atoms with E-state index >= 15 is 0 Å². The Bertz CT molecular complexity index is 1200. The molecule has 2 aromatic heterocycles. The van der Waals surface area contributed by atoms with Gasteiger partial charge in [-0.25, -0.2) is 4.98 Å². The first-order valence-electron chi connectivity index (χ1n) is 12.4. The third kappa shape index (κ3) is 5.53. The molecule has 1 amide bonds. The minimum atomic E-state index is -0.626. The van der Waals surface area contributed by atoms with Crippen LogP contribution in [0, 0.1) is 0 Å². The molecular weight excluding hydrogens is 426 g/mol. The van der Waals surface area contributed by atoms with Crippen LogP contribution in [0.25, 0.3) is 10.9 Å². The fourth-order valence-electron chi connectivity index (χ4n) is 5.20. The van der Waals surface area contributed by atoms with Crippen LogP contribution in [0.2, 0.25) is 0 Å². The standard InChI is InChI=1S/C27H35N5O2/c1-19-9-8-10-20(2)31(19)13-6-3-7-14-32-25-12-5-4-11-21(25)15-22(27(32)34)16-23-17-29-18-24(30-23)26(28)33/h4-5,11-12,15,17-20H,3,6-10,13-14,16H2,1-2H3,(H2,28,33)/t19-,20+. The second-order valence-electron chi connectivity index (χ2n) is 9.55. The van der Waals surface area contributed by atoms with E-state index < -0.39 is 5.91 Å². The zero-order chi connectivity index (χ0) is 24.1. The summed E-state index contributed by atoms with van der Waals surface area (Å²) in [5, 5.41) is 1.02. The number of aromatic nitrogens is 3. The van der Waals surface area contributed by atoms with Gasteiger partial charge >= 0.3 is 0 Å². The Morgan fingerprint density at radius 1 is 1.06 bits per heavy atom. The van der Waals surface area contributed by atoms with Crippen LogP contribution in [0.5, 0.6) is 0 Å². The summed E-state index contributed by atoms with van der Waals surface area (Å²) >= 11 is 0. The maximum Gasteiger partial charge on any atom is 0.268 e. The predicted octanol–water partition coefficient (Wildman–Crippen LogP) is 3.91. The number of unbranched alkanes of at least 4 members (excludes halogenated alkanes) is 2. The number of amides is 1. The van der Waals surface area contributed by atoms with Gasteiger partial charge in [-0.15, -0.1) is 0 Å². The molecule has 3 aromatic rings. The third-order valence-corrected chi connectivity index (χ3v) is 7.06. The lowest BCUT2D eigenvalue weighted by Crippen LogP contribution is -2.44. The Kier molecular flexibility index (Phi) is 7.73. The van der Waals surface area contributed by atoms with Gasteiger partial charge in [-0.05, 0) is 63.6 Å². The van der Waals surface area contributed by atoms with Gasteiger partial charge < -0.3 is 10.3 Å². The van der Waals surface area contributed by atoms with Crippen molar-refractivity contribution in [2.24, 2.45) is 5.73 Å². The lowest BCUT2D eigenvalue weighted by atomic mass is 9.97. The maximum atomic E-state index is 13.4. The number of fused-ring (bicyclic) bond motifs is 1. The van der Waals surface area contributed by atoms with Crippen LogP contribution in [0.4, 0.5) is 0 Å². The molecule has 0 spiro atoms. The van der Waals surface area contributed by atoms with Crippen LogP contribution >= 0.6 is 0 Å². The summed E-state index contributed by atoms with van der Waals surface area (Å²) in [6.07, 6.45) is 10.4. The van der Waals surface area contributed by atoms with Crippen molar-refractivity contribution in [3.05, 3.63) is 70.0 Å². The summed E-state index contributed by atoms with van der Waals surface area (Å²) in [5.74, 6) is -0.626. The minimum Gasteiger partial charge on any atom is -0.364 e. The minimum absolute atomic E-state index is 0.0109. The maximum absolute atomic E-state index is 13.4. The number of likely N-dealkylation sites (tertiary alicyclic amines) is 1. The highest BCUT2D eigenvalue weighted by atomic mass is 16.1. The smallest absolute Gasteiger partial charge is 0.268 e. The molecule has 3 heterocycles. The van der Waals surface area contributed by atoms with E-state index in [4.69, 9.17) is 5.73 Å². The molecule has 1 aliphatic rings. The molecule has 0 unspecified atom stereocenters. The van der Waals surface area contributed by atoms with Crippen LogP contribution in [-0.2, 0) is 13.0 Å². The molecule has 2 atom stereocenters. The van der Waals surface area contributed by atoms with Crippen molar-refractivity contribution in [1.29, 1.82) is 0 Å². The van der Waals surface area contributed by atoms with E-state index in [2.05, 4.69) is 28.7 Å². The monoisotopic (exact) mass is 461 g/mol. The quantitative estimate of drug-likeness (QED) is 0.488. The number of pyridine rings is 1. The molecule has 1 aromatic carbocycles. The van der Waals surface area contributed by atoms with Crippen molar-refractivity contribution in [3.63, 3.8) is 0 Å². The highest BCUT2D eigenvalue weighted by molar-refractivity contribution is 5.90. The van der Waals surface area contributed by atoms with Gasteiger partial charge in [0.25, 0.3) is 11.5 Å². The summed E-state index contributed by atoms with van der Waals surface area (Å²) in [7, 11) is 0. The molecule has 1 fully saturated rings. The molecule has 2 N–H and O–H groups in total. The van der Waals surface area contributed by atoms with Crippen LogP contribution in [0.3, 0.4) is 0 Å². The van der Waals surface area contributed by atoms with Crippen molar-refractivity contribution >= 4 is 16.8 Å². The van der Waals surface area contributed by atoms with Crippen molar-refractivity contribution in [2.75, 3.05) is 6.54 Å². The molecular formula is C27H35N5O2. The van der Waals surface area contributed by atoms with E-state index in [1.54, 1.807) is 6.20 Å². The number of rotatable bonds is 9. The zero-order valence-electron chi connectivity index (χ0n) is 20.2. The summed E-state index contributed by atoms with van der Waals surface area (Å²) < 4.78 is 1.89. The first-order chi connectivity index (χ1) is 16.4. The van der Waals surface area contributed by atoms with Gasteiger partial charge in [0, 0.05) is 36.8 Å². The normalized spacial score (nSPS) is 18.9. The highest BCUT2D eigenvalue weighted by Crippen LogP contribution is 2.23. The number of para-hydroxylation sites is 1. The van der Waals surface area contributed by atoms with E-state index in [1.165, 1.54) is 25.5 Å². The first kappa shape index (κ1) is 24.1. The molecule has 7 nitrogen and oxygen atoms in total. The molecule has 1 aliphatic heterocycles. The van der Waals surface area contributed by atoms with Crippen LogP contribution in [0.1, 0.15) is 74.1 Å². The van der Waals surface area contributed by atoms with Gasteiger partial charge in [0.2, 0.25) is 0 Å². The van der Waals surface area contributed by atoms with E-state index in [1.807, 2.05) is 34.9 Å². The molecule has 180 valence electrons. The van der Waals surface area contributed by atoms with Gasteiger partial charge in [0.1, 0.15) is 5.69 Å². The van der Waals surface area contributed by atoms with Crippen LogP contribution in [0.15, 0.2) is 47.5 Å². The van der Waals surface area contributed by atoms with E-state index in [9.17, 15) is 9.59 Å². The number of nitrogens with two attached hydrogens (primary N) is 1. The first-order valence-corrected chi connectivity index (χ1v) is 12.4.